The third kappa shape index (κ3) is 5.93. The number of β-lactam (4-membered cyclic amide) rings is 1. The molecule has 0 radical (unpaired) electrons. The van der Waals surface area contributed by atoms with Gasteiger partial charge < -0.3 is 44.7 Å². The predicted octanol–water partition coefficient (Wildman–Crippen LogP) is -0.538. The van der Waals surface area contributed by atoms with Crippen molar-refractivity contribution in [2.45, 2.75) is 43.8 Å². The van der Waals surface area contributed by atoms with Crippen molar-refractivity contribution in [3.63, 3.8) is 0 Å². The summed E-state index contributed by atoms with van der Waals surface area (Å²) >= 11 is 1.97. The lowest BCUT2D eigenvalue weighted by Gasteiger charge is -2.49. The fourth-order valence-corrected chi connectivity index (χ4v) is 7.44. The van der Waals surface area contributed by atoms with Crippen molar-refractivity contribution in [1.29, 1.82) is 0 Å². The van der Waals surface area contributed by atoms with Gasteiger partial charge in [-0.15, -0.1) is 11.8 Å². The Kier molecular flexibility index (Phi) is 8.49. The summed E-state index contributed by atoms with van der Waals surface area (Å²) in [6.45, 7) is 2.14. The number of oxime groups is 1. The number of nitrogens with zero attached hydrogens (tertiary/aromatic N) is 6. The Labute approximate surface area is 271 Å². The number of aromatic nitrogens is 2. The number of thioether (sulfide) groups is 1. The molecule has 6 heterocycles. The zero-order chi connectivity index (χ0) is 33.6. The average Bonchev–Trinajstić information content (AvgIpc) is 3.83. The van der Waals surface area contributed by atoms with Gasteiger partial charge in [0.15, 0.2) is 23.3 Å². The first-order chi connectivity index (χ1) is 22.5. The van der Waals surface area contributed by atoms with Crippen LogP contribution in [0.1, 0.15) is 30.2 Å². The van der Waals surface area contributed by atoms with Crippen molar-refractivity contribution in [1.82, 2.24) is 29.4 Å². The molecule has 0 spiro atoms. The molecule has 248 valence electrons. The van der Waals surface area contributed by atoms with Crippen LogP contribution in [0.3, 0.4) is 0 Å². The number of fused-ring (bicyclic) bond motifs is 1. The number of nitrogen functional groups attached to an aromatic ring is 1. The number of aliphatic carboxylic acids is 1. The van der Waals surface area contributed by atoms with Crippen molar-refractivity contribution >= 4 is 63.9 Å². The third-order valence-electron chi connectivity index (χ3n) is 7.99. The number of nitrogens with two attached hydrogens (primary N) is 1. The number of carboxylic acids is 1. The summed E-state index contributed by atoms with van der Waals surface area (Å²) in [6, 6.07) is -1.41. The average molecular weight is 691 g/mol. The SMILES string of the molecule is Cc1oc(=O)oc1COC(=O)N1CCC(N2CC/C(=C\C3=C(C(=O)O)N4C(=O)C(NC(=O)/C(=N\O)c5nsc(N)n5)C4SC3)C2=O)C1. The number of anilines is 1. The number of likely N-dealkylation sites (tertiary alicyclic amines) is 2. The highest BCUT2D eigenvalue weighted by atomic mass is 32.2. The molecule has 3 atom stereocenters. The minimum atomic E-state index is -1.38. The standard InChI is InChI=1S/C26H26N8O11S2/c1-10-14(45-26(41)44-10)8-43-25(40)32-4-3-13(7-32)33-5-2-11(20(33)36)6-12-9-46-22-16(21(37)34(22)17(12)23(38)39)28-19(35)15(30-42)18-29-24(27)47-31-18/h6,13,16,22,42H,2-5,7-9H2,1H3,(H,28,35)(H,38,39)(H2,27,29,31)/b11-6+,30-15-. The maximum absolute atomic E-state index is 13.4. The summed E-state index contributed by atoms with van der Waals surface area (Å²) in [5.74, 6) is -4.02. The van der Waals surface area contributed by atoms with E-state index in [0.717, 1.165) is 16.4 Å². The summed E-state index contributed by atoms with van der Waals surface area (Å²) in [5, 5.41) is 24.0. The molecule has 0 bridgehead atoms. The molecule has 5 N–H and O–H groups in total. The lowest BCUT2D eigenvalue weighted by atomic mass is 10.0. The smallest absolute Gasteiger partial charge is 0.477 e. The number of hydrogen-bond acceptors (Lipinski definition) is 16. The molecule has 0 aliphatic carbocycles. The minimum absolute atomic E-state index is 0.0324. The van der Waals surface area contributed by atoms with Crippen LogP contribution in [-0.2, 0) is 30.5 Å². The zero-order valence-corrected chi connectivity index (χ0v) is 26.0. The van der Waals surface area contributed by atoms with Gasteiger partial charge in [-0.1, -0.05) is 5.16 Å². The Morgan fingerprint density at radius 2 is 2.02 bits per heavy atom. The summed E-state index contributed by atoms with van der Waals surface area (Å²) < 4.78 is 18.6. The number of rotatable bonds is 8. The highest BCUT2D eigenvalue weighted by Gasteiger charge is 2.54. The molecule has 19 nitrogen and oxygen atoms in total. The van der Waals surface area contributed by atoms with Gasteiger partial charge in [-0.2, -0.15) is 9.36 Å². The van der Waals surface area contributed by atoms with Crippen molar-refractivity contribution in [2.24, 2.45) is 5.16 Å². The molecule has 0 aromatic carbocycles. The van der Waals surface area contributed by atoms with Gasteiger partial charge >= 0.3 is 17.9 Å². The molecular weight excluding hydrogens is 664 g/mol. The fourth-order valence-electron chi connectivity index (χ4n) is 5.70. The van der Waals surface area contributed by atoms with Crippen LogP contribution in [-0.4, -0.2) is 113 Å². The van der Waals surface area contributed by atoms with E-state index in [-0.39, 0.29) is 64.6 Å². The number of carbonyl (C=O) groups is 5. The van der Waals surface area contributed by atoms with E-state index in [1.54, 1.807) is 4.90 Å². The lowest BCUT2D eigenvalue weighted by Crippen LogP contribution is -2.71. The Bertz CT molecular complexity index is 1830. The fraction of sp³-hybridized carbons (Fsp3) is 0.423. The first kappa shape index (κ1) is 31.8. The van der Waals surface area contributed by atoms with Crippen LogP contribution < -0.4 is 16.9 Å². The minimum Gasteiger partial charge on any atom is -0.477 e. The first-order valence-electron chi connectivity index (χ1n) is 14.0. The Balaban J connectivity index is 1.09. The molecule has 3 saturated heterocycles. The van der Waals surface area contributed by atoms with E-state index in [4.69, 9.17) is 19.3 Å². The topological polar surface area (TPSA) is 264 Å². The van der Waals surface area contributed by atoms with E-state index in [1.807, 2.05) is 0 Å². The summed E-state index contributed by atoms with van der Waals surface area (Å²) in [4.78, 5) is 83.2. The van der Waals surface area contributed by atoms with Crippen molar-refractivity contribution in [3.8, 4) is 0 Å². The highest BCUT2D eigenvalue weighted by Crippen LogP contribution is 2.41. The molecule has 0 saturated carbocycles. The van der Waals surface area contributed by atoms with Gasteiger partial charge in [-0.3, -0.25) is 19.3 Å². The molecule has 2 aromatic heterocycles. The molecule has 3 unspecified atom stereocenters. The molecule has 2 aromatic rings. The number of amides is 4. The van der Waals surface area contributed by atoms with Crippen molar-refractivity contribution < 1.29 is 47.9 Å². The largest absolute Gasteiger partial charge is 0.519 e. The third-order valence-corrected chi connectivity index (χ3v) is 9.83. The van der Waals surface area contributed by atoms with Crippen LogP contribution in [0.4, 0.5) is 9.93 Å². The van der Waals surface area contributed by atoms with Crippen LogP contribution in [0.5, 0.6) is 0 Å². The molecule has 4 aliphatic rings. The van der Waals surface area contributed by atoms with Gasteiger partial charge in [0.1, 0.15) is 17.1 Å². The van der Waals surface area contributed by atoms with E-state index in [9.17, 15) is 39.1 Å². The van der Waals surface area contributed by atoms with Crippen LogP contribution in [0.25, 0.3) is 0 Å². The second-order valence-corrected chi connectivity index (χ2v) is 12.6. The Hall–Kier alpha value is -5.18. The first-order valence-corrected chi connectivity index (χ1v) is 15.8. The molecule has 4 amide bonds. The van der Waals surface area contributed by atoms with E-state index < -0.39 is 46.8 Å². The molecule has 6 rings (SSSR count). The predicted molar refractivity (Wildman–Crippen MR) is 159 cm³/mol. The van der Waals surface area contributed by atoms with Gasteiger partial charge in [0, 0.05) is 42.5 Å². The van der Waals surface area contributed by atoms with Crippen LogP contribution in [0, 0.1) is 6.92 Å². The van der Waals surface area contributed by atoms with Gasteiger partial charge in [0.25, 0.3) is 11.8 Å². The summed E-state index contributed by atoms with van der Waals surface area (Å²) in [7, 11) is 0. The molecule has 21 heteroatoms. The number of carboxylic acid groups (broad SMARTS) is 1. The number of nitrogens with one attached hydrogen (secondary N) is 1. The molecule has 47 heavy (non-hydrogen) atoms. The van der Waals surface area contributed by atoms with E-state index in [0.29, 0.717) is 31.5 Å². The number of hydrogen-bond donors (Lipinski definition) is 4. The maximum atomic E-state index is 13.4. The van der Waals surface area contributed by atoms with Crippen LogP contribution in [0.15, 0.2) is 41.7 Å². The van der Waals surface area contributed by atoms with E-state index in [1.165, 1.54) is 29.7 Å². The van der Waals surface area contributed by atoms with Crippen molar-refractivity contribution in [2.75, 3.05) is 31.1 Å². The Morgan fingerprint density at radius 1 is 1.23 bits per heavy atom. The molecular formula is C26H26N8O11S2. The number of allylic oxidation sites excluding steroid dienone is 1. The van der Waals surface area contributed by atoms with Crippen molar-refractivity contribution in [3.05, 3.63) is 50.9 Å². The second-order valence-electron chi connectivity index (χ2n) is 10.7. The highest BCUT2D eigenvalue weighted by molar-refractivity contribution is 8.00. The van der Waals surface area contributed by atoms with Gasteiger partial charge in [0.2, 0.25) is 17.4 Å². The lowest BCUT2D eigenvalue weighted by molar-refractivity contribution is -0.150. The summed E-state index contributed by atoms with van der Waals surface area (Å²) in [6.07, 6.45) is 1.68. The van der Waals surface area contributed by atoms with Gasteiger partial charge in [-0.25, -0.2) is 14.4 Å². The van der Waals surface area contributed by atoms with Gasteiger partial charge in [0.05, 0.1) is 6.04 Å². The molecule has 4 aliphatic heterocycles. The van der Waals surface area contributed by atoms with Crippen LogP contribution >= 0.6 is 23.3 Å². The van der Waals surface area contributed by atoms with E-state index in [2.05, 4.69) is 19.8 Å². The van der Waals surface area contributed by atoms with Crippen LogP contribution in [0.2, 0.25) is 0 Å². The quantitative estimate of drug-likeness (QED) is 0.0891. The summed E-state index contributed by atoms with van der Waals surface area (Å²) in [5.41, 5.74) is 5.29. The number of carbonyl (C=O) groups excluding carboxylic acids is 4. The van der Waals surface area contributed by atoms with E-state index >= 15 is 0 Å². The number of ether oxygens (including phenoxy) is 1. The van der Waals surface area contributed by atoms with Gasteiger partial charge in [-0.05, 0) is 31.4 Å². The second kappa shape index (κ2) is 12.5. The Morgan fingerprint density at radius 3 is 2.68 bits per heavy atom. The number of aryl methyl sites for hydroxylation is 1. The zero-order valence-electron chi connectivity index (χ0n) is 24.4. The molecule has 3 fully saturated rings. The maximum Gasteiger partial charge on any atom is 0.519 e. The normalized spacial score (nSPS) is 23.8. The monoisotopic (exact) mass is 690 g/mol.